The summed E-state index contributed by atoms with van der Waals surface area (Å²) in [5.41, 5.74) is 0.166. The summed E-state index contributed by atoms with van der Waals surface area (Å²) in [4.78, 5) is 10.6. The Labute approximate surface area is 142 Å². The molecule has 2 rings (SSSR count). The van der Waals surface area contributed by atoms with E-state index in [-0.39, 0.29) is 11.6 Å². The Balaban J connectivity index is 2.35. The predicted molar refractivity (Wildman–Crippen MR) is 87.7 cm³/mol. The first-order chi connectivity index (χ1) is 11.5. The number of sulfonamides is 1. The molecule has 9 heteroatoms. The van der Waals surface area contributed by atoms with E-state index in [9.17, 15) is 26.4 Å². The normalized spacial score (nSPS) is 11.9. The molecule has 0 aliphatic heterocycles. The Morgan fingerprint density at radius 3 is 2.36 bits per heavy atom. The van der Waals surface area contributed by atoms with Gasteiger partial charge in [-0.3, -0.25) is 9.52 Å². The van der Waals surface area contributed by atoms with Crippen LogP contribution < -0.4 is 10.0 Å². The lowest BCUT2D eigenvalue weighted by Crippen LogP contribution is -2.15. The van der Waals surface area contributed by atoms with E-state index in [1.165, 1.54) is 19.1 Å². The highest BCUT2D eigenvalue weighted by atomic mass is 32.2. The molecule has 2 aromatic carbocycles. The van der Waals surface area contributed by atoms with Crippen LogP contribution in [-0.4, -0.2) is 14.3 Å². The molecule has 0 atom stereocenters. The summed E-state index contributed by atoms with van der Waals surface area (Å²) in [5.74, 6) is -0.332. The molecule has 0 fully saturated rings. The maximum absolute atomic E-state index is 12.7. The van der Waals surface area contributed by atoms with Gasteiger partial charge in [0.2, 0.25) is 5.91 Å². The number of alkyl halides is 3. The largest absolute Gasteiger partial charge is 0.416 e. The monoisotopic (exact) mass is 372 g/mol. The zero-order valence-corrected chi connectivity index (χ0v) is 14.1. The third kappa shape index (κ3) is 4.72. The second-order valence-corrected chi connectivity index (χ2v) is 7.02. The third-order valence-corrected chi connectivity index (χ3v) is 4.65. The van der Waals surface area contributed by atoms with E-state index in [1.54, 1.807) is 13.0 Å². The minimum absolute atomic E-state index is 0.117. The Hall–Kier alpha value is -2.55. The molecule has 5 nitrogen and oxygen atoms in total. The molecular weight excluding hydrogens is 357 g/mol. The first kappa shape index (κ1) is 18.8. The smallest absolute Gasteiger partial charge is 0.326 e. The van der Waals surface area contributed by atoms with Crippen LogP contribution in [-0.2, 0) is 21.0 Å². The van der Waals surface area contributed by atoms with Crippen molar-refractivity contribution in [1.29, 1.82) is 0 Å². The van der Waals surface area contributed by atoms with E-state index in [2.05, 4.69) is 10.0 Å². The second-order valence-electron chi connectivity index (χ2n) is 5.34. The SMILES string of the molecule is CC(=O)Nc1cc(NS(=O)(=O)c2cccc(C(F)(F)F)c2)ccc1C. The molecule has 0 saturated carbocycles. The van der Waals surface area contributed by atoms with Crippen LogP contribution in [0.2, 0.25) is 0 Å². The molecule has 0 aromatic heterocycles. The highest BCUT2D eigenvalue weighted by Crippen LogP contribution is 2.31. The van der Waals surface area contributed by atoms with Crippen LogP contribution in [0.3, 0.4) is 0 Å². The second kappa shape index (κ2) is 6.75. The zero-order chi connectivity index (χ0) is 18.8. The first-order valence-electron chi connectivity index (χ1n) is 7.07. The number of benzene rings is 2. The molecular formula is C16H15F3N2O3S. The van der Waals surface area contributed by atoms with Gasteiger partial charge in [-0.2, -0.15) is 13.2 Å². The van der Waals surface area contributed by atoms with E-state index in [1.807, 2.05) is 0 Å². The number of nitrogens with one attached hydrogen (secondary N) is 2. The van der Waals surface area contributed by atoms with Crippen molar-refractivity contribution in [1.82, 2.24) is 0 Å². The van der Waals surface area contributed by atoms with Gasteiger partial charge in [-0.25, -0.2) is 8.42 Å². The van der Waals surface area contributed by atoms with Crippen molar-refractivity contribution in [2.24, 2.45) is 0 Å². The van der Waals surface area contributed by atoms with Gasteiger partial charge in [0.15, 0.2) is 0 Å². The molecule has 0 bridgehead atoms. The molecule has 1 amide bonds. The lowest BCUT2D eigenvalue weighted by Gasteiger charge is -2.13. The van der Waals surface area contributed by atoms with Crippen molar-refractivity contribution < 1.29 is 26.4 Å². The summed E-state index contributed by atoms with van der Waals surface area (Å²) in [6, 6.07) is 7.86. The molecule has 0 aliphatic carbocycles. The van der Waals surface area contributed by atoms with Crippen molar-refractivity contribution in [2.45, 2.75) is 24.9 Å². The fourth-order valence-electron chi connectivity index (χ4n) is 2.06. The molecule has 0 unspecified atom stereocenters. The summed E-state index contributed by atoms with van der Waals surface area (Å²) in [7, 11) is -4.22. The molecule has 0 aliphatic rings. The number of amides is 1. The minimum Gasteiger partial charge on any atom is -0.326 e. The molecule has 25 heavy (non-hydrogen) atoms. The maximum Gasteiger partial charge on any atom is 0.416 e. The number of hydrogen-bond donors (Lipinski definition) is 2. The van der Waals surface area contributed by atoms with E-state index >= 15 is 0 Å². The molecule has 0 heterocycles. The standard InChI is InChI=1S/C16H15F3N2O3S/c1-10-6-7-13(9-15(10)20-11(2)22)21-25(23,24)14-5-3-4-12(8-14)16(17,18)19/h3-9,21H,1-2H3,(H,20,22). The van der Waals surface area contributed by atoms with Crippen LogP contribution >= 0.6 is 0 Å². The lowest BCUT2D eigenvalue weighted by molar-refractivity contribution is -0.137. The summed E-state index contributed by atoms with van der Waals surface area (Å²) < 4.78 is 65.1. The van der Waals surface area contributed by atoms with Gasteiger partial charge >= 0.3 is 6.18 Å². The maximum atomic E-state index is 12.7. The molecule has 0 radical (unpaired) electrons. The highest BCUT2D eigenvalue weighted by Gasteiger charge is 2.31. The quantitative estimate of drug-likeness (QED) is 0.858. The number of carbonyl (C=O) groups excluding carboxylic acids is 1. The predicted octanol–water partition coefficient (Wildman–Crippen LogP) is 3.77. The Morgan fingerprint density at radius 1 is 1.08 bits per heavy atom. The molecule has 2 aromatic rings. The van der Waals surface area contributed by atoms with Crippen LogP contribution in [0.5, 0.6) is 0 Å². The third-order valence-electron chi connectivity index (χ3n) is 3.27. The lowest BCUT2D eigenvalue weighted by atomic mass is 10.2. The van der Waals surface area contributed by atoms with Gasteiger partial charge < -0.3 is 5.32 Å². The Morgan fingerprint density at radius 2 is 1.76 bits per heavy atom. The topological polar surface area (TPSA) is 75.3 Å². The Kier molecular flexibility index (Phi) is 5.07. The van der Waals surface area contributed by atoms with Gasteiger partial charge in [-0.05, 0) is 42.8 Å². The zero-order valence-electron chi connectivity index (χ0n) is 13.3. The number of carbonyl (C=O) groups is 1. The van der Waals surface area contributed by atoms with Gasteiger partial charge in [0, 0.05) is 12.6 Å². The molecule has 2 N–H and O–H groups in total. The van der Waals surface area contributed by atoms with Crippen molar-refractivity contribution in [3.63, 3.8) is 0 Å². The summed E-state index contributed by atoms with van der Waals surface area (Å²) in [6.07, 6.45) is -4.64. The van der Waals surface area contributed by atoms with Crippen molar-refractivity contribution in [3.8, 4) is 0 Å². The first-order valence-corrected chi connectivity index (χ1v) is 8.56. The molecule has 0 spiro atoms. The molecule has 134 valence electrons. The number of anilines is 2. The average Bonchev–Trinajstić information content (AvgIpc) is 2.49. The van der Waals surface area contributed by atoms with Gasteiger partial charge in [-0.15, -0.1) is 0 Å². The Bertz CT molecular complexity index is 909. The van der Waals surface area contributed by atoms with Crippen LogP contribution in [0.15, 0.2) is 47.4 Å². The molecule has 0 saturated heterocycles. The fourth-order valence-corrected chi connectivity index (χ4v) is 3.16. The van der Waals surface area contributed by atoms with Gasteiger partial charge in [0.1, 0.15) is 0 Å². The van der Waals surface area contributed by atoms with Gasteiger partial charge in [0.05, 0.1) is 16.1 Å². The van der Waals surface area contributed by atoms with Crippen molar-refractivity contribution >= 4 is 27.3 Å². The van der Waals surface area contributed by atoms with Crippen LogP contribution in [0.4, 0.5) is 24.5 Å². The number of rotatable bonds is 4. The fraction of sp³-hybridized carbons (Fsp3) is 0.188. The minimum atomic E-state index is -4.64. The van der Waals surface area contributed by atoms with Crippen LogP contribution in [0.25, 0.3) is 0 Å². The number of halogens is 3. The summed E-state index contributed by atoms with van der Waals surface area (Å²) in [5, 5.41) is 2.55. The summed E-state index contributed by atoms with van der Waals surface area (Å²) in [6.45, 7) is 3.02. The number of hydrogen-bond acceptors (Lipinski definition) is 3. The number of aryl methyl sites for hydroxylation is 1. The van der Waals surface area contributed by atoms with E-state index in [4.69, 9.17) is 0 Å². The van der Waals surface area contributed by atoms with Crippen LogP contribution in [0, 0.1) is 6.92 Å². The average molecular weight is 372 g/mol. The van der Waals surface area contributed by atoms with Crippen molar-refractivity contribution in [3.05, 3.63) is 53.6 Å². The van der Waals surface area contributed by atoms with Crippen molar-refractivity contribution in [2.75, 3.05) is 10.0 Å². The van der Waals surface area contributed by atoms with E-state index in [0.717, 1.165) is 18.2 Å². The van der Waals surface area contributed by atoms with Gasteiger partial charge in [0.25, 0.3) is 10.0 Å². The van der Waals surface area contributed by atoms with Crippen LogP contribution in [0.1, 0.15) is 18.1 Å². The van der Waals surface area contributed by atoms with E-state index < -0.39 is 26.7 Å². The highest BCUT2D eigenvalue weighted by molar-refractivity contribution is 7.92. The van der Waals surface area contributed by atoms with Gasteiger partial charge in [-0.1, -0.05) is 12.1 Å². The van der Waals surface area contributed by atoms with E-state index in [0.29, 0.717) is 17.3 Å². The summed E-state index contributed by atoms with van der Waals surface area (Å²) >= 11 is 0.